The first-order valence-corrected chi connectivity index (χ1v) is 8.42. The number of benzene rings is 2. The van der Waals surface area contributed by atoms with Crippen molar-refractivity contribution < 1.29 is 0 Å². The van der Waals surface area contributed by atoms with E-state index >= 15 is 0 Å². The second-order valence-electron chi connectivity index (χ2n) is 5.16. The molecule has 0 aliphatic heterocycles. The highest BCUT2D eigenvalue weighted by Crippen LogP contribution is 2.36. The van der Waals surface area contributed by atoms with Gasteiger partial charge in [0, 0.05) is 9.72 Å². The topological polar surface area (TPSA) is 12.0 Å². The van der Waals surface area contributed by atoms with Crippen LogP contribution in [0.15, 0.2) is 47.8 Å². The third kappa shape index (κ3) is 2.71. The van der Waals surface area contributed by atoms with Gasteiger partial charge in [-0.1, -0.05) is 54.9 Å². The molecule has 0 aliphatic carbocycles. The molecule has 0 fully saturated rings. The SMILES string of the molecule is CCNC(c1cccc(C)c1Cl)c1csc2ccccc12. The fraction of sp³-hybridized carbons (Fsp3) is 0.222. The number of hydrogen-bond acceptors (Lipinski definition) is 2. The van der Waals surface area contributed by atoms with Crippen LogP contribution in [0.1, 0.15) is 29.7 Å². The van der Waals surface area contributed by atoms with Gasteiger partial charge in [-0.25, -0.2) is 0 Å². The van der Waals surface area contributed by atoms with Crippen LogP contribution < -0.4 is 5.32 Å². The Morgan fingerprint density at radius 3 is 2.71 bits per heavy atom. The van der Waals surface area contributed by atoms with Crippen molar-refractivity contribution >= 4 is 33.0 Å². The summed E-state index contributed by atoms with van der Waals surface area (Å²) in [6, 6.07) is 14.9. The van der Waals surface area contributed by atoms with E-state index in [0.29, 0.717) is 0 Å². The van der Waals surface area contributed by atoms with Gasteiger partial charge in [0.15, 0.2) is 0 Å². The normalized spacial score (nSPS) is 12.7. The van der Waals surface area contributed by atoms with Crippen LogP contribution in [0.3, 0.4) is 0 Å². The molecular formula is C18H18ClNS. The first-order chi connectivity index (χ1) is 10.2. The molecule has 3 aromatic rings. The molecule has 0 amide bonds. The molecule has 1 N–H and O–H groups in total. The van der Waals surface area contributed by atoms with E-state index in [1.807, 2.05) is 0 Å². The van der Waals surface area contributed by atoms with E-state index in [0.717, 1.165) is 22.7 Å². The maximum Gasteiger partial charge on any atom is 0.0605 e. The second-order valence-corrected chi connectivity index (χ2v) is 6.45. The fourth-order valence-electron chi connectivity index (χ4n) is 2.71. The van der Waals surface area contributed by atoms with Crippen molar-refractivity contribution in [2.45, 2.75) is 19.9 Å². The molecule has 1 unspecified atom stereocenters. The Morgan fingerprint density at radius 1 is 1.10 bits per heavy atom. The smallest absolute Gasteiger partial charge is 0.0605 e. The number of thiophene rings is 1. The predicted octanol–water partition coefficient (Wildman–Crippen LogP) is 5.56. The highest BCUT2D eigenvalue weighted by Gasteiger charge is 2.20. The summed E-state index contributed by atoms with van der Waals surface area (Å²) in [5.41, 5.74) is 3.59. The van der Waals surface area contributed by atoms with E-state index in [9.17, 15) is 0 Å². The average molecular weight is 316 g/mol. The van der Waals surface area contributed by atoms with Gasteiger partial charge in [-0.15, -0.1) is 11.3 Å². The average Bonchev–Trinajstić information content (AvgIpc) is 2.92. The lowest BCUT2D eigenvalue weighted by molar-refractivity contribution is 0.635. The van der Waals surface area contributed by atoms with Crippen molar-refractivity contribution in [3.05, 3.63) is 69.6 Å². The van der Waals surface area contributed by atoms with Gasteiger partial charge in [0.2, 0.25) is 0 Å². The number of rotatable bonds is 4. The van der Waals surface area contributed by atoms with Crippen molar-refractivity contribution in [3.8, 4) is 0 Å². The van der Waals surface area contributed by atoms with Crippen molar-refractivity contribution in [3.63, 3.8) is 0 Å². The van der Waals surface area contributed by atoms with Crippen LogP contribution in [0.2, 0.25) is 5.02 Å². The van der Waals surface area contributed by atoms with Gasteiger partial charge < -0.3 is 5.32 Å². The van der Waals surface area contributed by atoms with Gasteiger partial charge in [-0.3, -0.25) is 0 Å². The van der Waals surface area contributed by atoms with Crippen molar-refractivity contribution in [1.82, 2.24) is 5.32 Å². The van der Waals surface area contributed by atoms with Gasteiger partial charge in [-0.05, 0) is 47.0 Å². The molecule has 0 bridgehead atoms. The summed E-state index contributed by atoms with van der Waals surface area (Å²) in [6.45, 7) is 5.09. The van der Waals surface area contributed by atoms with Crippen molar-refractivity contribution in [2.24, 2.45) is 0 Å². The van der Waals surface area contributed by atoms with Crippen LogP contribution in [0.4, 0.5) is 0 Å². The van der Waals surface area contributed by atoms with E-state index in [1.54, 1.807) is 11.3 Å². The summed E-state index contributed by atoms with van der Waals surface area (Å²) >= 11 is 8.34. The minimum absolute atomic E-state index is 0.138. The lowest BCUT2D eigenvalue weighted by Crippen LogP contribution is -2.22. The Bertz CT molecular complexity index is 763. The van der Waals surface area contributed by atoms with Gasteiger partial charge in [0.25, 0.3) is 0 Å². The highest BCUT2D eigenvalue weighted by atomic mass is 35.5. The van der Waals surface area contributed by atoms with Crippen LogP contribution in [-0.4, -0.2) is 6.54 Å². The van der Waals surface area contributed by atoms with Gasteiger partial charge in [0.05, 0.1) is 6.04 Å². The van der Waals surface area contributed by atoms with Crippen molar-refractivity contribution in [2.75, 3.05) is 6.54 Å². The molecule has 0 radical (unpaired) electrons. The molecule has 0 spiro atoms. The highest BCUT2D eigenvalue weighted by molar-refractivity contribution is 7.17. The van der Waals surface area contributed by atoms with Crippen LogP contribution in [0.5, 0.6) is 0 Å². The summed E-state index contributed by atoms with van der Waals surface area (Å²) < 4.78 is 1.32. The molecule has 1 nitrogen and oxygen atoms in total. The second kappa shape index (κ2) is 6.18. The molecule has 1 atom stereocenters. The lowest BCUT2D eigenvalue weighted by atomic mass is 9.96. The Labute approximate surface area is 134 Å². The maximum atomic E-state index is 6.56. The maximum absolute atomic E-state index is 6.56. The Balaban J connectivity index is 2.16. The third-order valence-electron chi connectivity index (χ3n) is 3.76. The number of hydrogen-bond donors (Lipinski definition) is 1. The first kappa shape index (κ1) is 14.6. The van der Waals surface area contributed by atoms with Crippen LogP contribution in [0.25, 0.3) is 10.1 Å². The Kier molecular flexibility index (Phi) is 4.29. The third-order valence-corrected chi connectivity index (χ3v) is 5.26. The largest absolute Gasteiger partial charge is 0.306 e. The molecule has 0 aliphatic rings. The molecule has 108 valence electrons. The Morgan fingerprint density at radius 2 is 1.90 bits per heavy atom. The molecule has 2 aromatic carbocycles. The fourth-order valence-corrected chi connectivity index (χ4v) is 3.93. The summed E-state index contributed by atoms with van der Waals surface area (Å²) in [4.78, 5) is 0. The number of halogens is 1. The molecule has 0 saturated carbocycles. The lowest BCUT2D eigenvalue weighted by Gasteiger charge is -2.20. The standard InChI is InChI=1S/C18H18ClNS/c1-3-20-18(14-9-6-7-12(2)17(14)19)15-11-21-16-10-5-4-8-13(15)16/h4-11,18,20H,3H2,1-2H3. The number of fused-ring (bicyclic) bond motifs is 1. The van der Waals surface area contributed by atoms with E-state index in [2.05, 4.69) is 67.0 Å². The predicted molar refractivity (Wildman–Crippen MR) is 93.5 cm³/mol. The minimum atomic E-state index is 0.138. The van der Waals surface area contributed by atoms with Crippen LogP contribution in [0, 0.1) is 6.92 Å². The first-order valence-electron chi connectivity index (χ1n) is 7.17. The van der Waals surface area contributed by atoms with E-state index in [1.165, 1.54) is 15.6 Å². The molecule has 1 aromatic heterocycles. The van der Waals surface area contributed by atoms with Gasteiger partial charge >= 0.3 is 0 Å². The summed E-state index contributed by atoms with van der Waals surface area (Å²) in [7, 11) is 0. The summed E-state index contributed by atoms with van der Waals surface area (Å²) in [5.74, 6) is 0. The van der Waals surface area contributed by atoms with E-state index in [4.69, 9.17) is 11.6 Å². The Hall–Kier alpha value is -1.35. The van der Waals surface area contributed by atoms with Gasteiger partial charge in [-0.2, -0.15) is 0 Å². The number of aryl methyl sites for hydroxylation is 1. The van der Waals surface area contributed by atoms with Crippen LogP contribution in [-0.2, 0) is 0 Å². The molecule has 21 heavy (non-hydrogen) atoms. The van der Waals surface area contributed by atoms with Crippen LogP contribution >= 0.6 is 22.9 Å². The quantitative estimate of drug-likeness (QED) is 0.664. The zero-order chi connectivity index (χ0) is 14.8. The molecule has 3 heteroatoms. The molecular weight excluding hydrogens is 298 g/mol. The monoisotopic (exact) mass is 315 g/mol. The number of nitrogens with one attached hydrogen (secondary N) is 1. The summed E-state index contributed by atoms with van der Waals surface area (Å²) in [5, 5.41) is 8.00. The van der Waals surface area contributed by atoms with E-state index in [-0.39, 0.29) is 6.04 Å². The van der Waals surface area contributed by atoms with Gasteiger partial charge in [0.1, 0.15) is 0 Å². The van der Waals surface area contributed by atoms with E-state index < -0.39 is 0 Å². The molecule has 3 rings (SSSR count). The zero-order valence-corrected chi connectivity index (χ0v) is 13.8. The molecule has 0 saturated heterocycles. The summed E-state index contributed by atoms with van der Waals surface area (Å²) in [6.07, 6.45) is 0. The minimum Gasteiger partial charge on any atom is -0.306 e. The van der Waals surface area contributed by atoms with Crippen molar-refractivity contribution in [1.29, 1.82) is 0 Å². The molecule has 1 heterocycles. The zero-order valence-electron chi connectivity index (χ0n) is 12.2.